The average molecular weight is 329 g/mol. The molecule has 0 radical (unpaired) electrons. The molecule has 23 heavy (non-hydrogen) atoms. The standard InChI is InChI=1S/C17H17ClN4O/c18-12-6-8-14(9-7-12)22-16-15(10-20-22)17(23)21(11-19-16)13-4-2-1-3-5-13/h6-11,13H,1-5H2. The molecule has 0 bridgehead atoms. The van der Waals surface area contributed by atoms with Crippen LogP contribution in [-0.4, -0.2) is 19.3 Å². The molecule has 1 aliphatic rings. The van der Waals surface area contributed by atoms with Crippen molar-refractivity contribution in [2.24, 2.45) is 0 Å². The summed E-state index contributed by atoms with van der Waals surface area (Å²) in [5.41, 5.74) is 1.43. The van der Waals surface area contributed by atoms with E-state index in [0.717, 1.165) is 18.5 Å². The van der Waals surface area contributed by atoms with Crippen molar-refractivity contribution >= 4 is 22.6 Å². The van der Waals surface area contributed by atoms with Gasteiger partial charge in [-0.15, -0.1) is 0 Å². The molecule has 1 saturated carbocycles. The lowest BCUT2D eigenvalue weighted by atomic mass is 9.95. The van der Waals surface area contributed by atoms with Crippen LogP contribution in [0.2, 0.25) is 5.02 Å². The second kappa shape index (κ2) is 5.81. The van der Waals surface area contributed by atoms with E-state index in [1.54, 1.807) is 33.9 Å². The van der Waals surface area contributed by atoms with Gasteiger partial charge in [-0.3, -0.25) is 9.36 Å². The molecule has 2 heterocycles. The van der Waals surface area contributed by atoms with E-state index in [1.807, 2.05) is 12.1 Å². The van der Waals surface area contributed by atoms with Gasteiger partial charge in [-0.05, 0) is 37.1 Å². The molecule has 0 amide bonds. The topological polar surface area (TPSA) is 52.7 Å². The van der Waals surface area contributed by atoms with Crippen LogP contribution in [0.4, 0.5) is 0 Å². The zero-order valence-electron chi connectivity index (χ0n) is 12.7. The van der Waals surface area contributed by atoms with Gasteiger partial charge in [0.05, 0.1) is 11.9 Å². The Kier molecular flexibility index (Phi) is 3.65. The van der Waals surface area contributed by atoms with Gasteiger partial charge in [0.2, 0.25) is 0 Å². The van der Waals surface area contributed by atoms with Gasteiger partial charge in [-0.1, -0.05) is 30.9 Å². The fourth-order valence-corrected chi connectivity index (χ4v) is 3.44. The van der Waals surface area contributed by atoms with Crippen LogP contribution < -0.4 is 5.56 Å². The van der Waals surface area contributed by atoms with Gasteiger partial charge in [0.15, 0.2) is 5.65 Å². The lowest BCUT2D eigenvalue weighted by Gasteiger charge is -2.23. The van der Waals surface area contributed by atoms with Gasteiger partial charge in [-0.25, -0.2) is 9.67 Å². The predicted octanol–water partition coefficient (Wildman–Crippen LogP) is 3.74. The van der Waals surface area contributed by atoms with Gasteiger partial charge < -0.3 is 0 Å². The summed E-state index contributed by atoms with van der Waals surface area (Å²) < 4.78 is 3.47. The second-order valence-corrected chi connectivity index (χ2v) is 6.46. The van der Waals surface area contributed by atoms with Crippen molar-refractivity contribution in [3.05, 3.63) is 52.2 Å². The lowest BCUT2D eigenvalue weighted by Crippen LogP contribution is -2.26. The van der Waals surface area contributed by atoms with E-state index in [2.05, 4.69) is 10.1 Å². The Bertz CT molecular complexity index is 891. The maximum atomic E-state index is 12.8. The van der Waals surface area contributed by atoms with Crippen molar-refractivity contribution in [2.45, 2.75) is 38.1 Å². The third-order valence-electron chi connectivity index (χ3n) is 4.55. The number of fused-ring (bicyclic) bond motifs is 1. The molecular formula is C17H17ClN4O. The molecule has 1 aliphatic carbocycles. The van der Waals surface area contributed by atoms with E-state index in [9.17, 15) is 4.79 Å². The zero-order valence-corrected chi connectivity index (χ0v) is 13.4. The maximum absolute atomic E-state index is 12.8. The fraction of sp³-hybridized carbons (Fsp3) is 0.353. The third kappa shape index (κ3) is 2.55. The Morgan fingerprint density at radius 1 is 1.09 bits per heavy atom. The summed E-state index contributed by atoms with van der Waals surface area (Å²) in [5.74, 6) is 0. The van der Waals surface area contributed by atoms with Crippen molar-refractivity contribution < 1.29 is 0 Å². The summed E-state index contributed by atoms with van der Waals surface area (Å²) in [6.07, 6.45) is 9.01. The van der Waals surface area contributed by atoms with Crippen molar-refractivity contribution in [3.8, 4) is 5.69 Å². The molecule has 5 nitrogen and oxygen atoms in total. The molecule has 2 aromatic heterocycles. The van der Waals surface area contributed by atoms with E-state index in [1.165, 1.54) is 19.3 Å². The Hall–Kier alpha value is -2.14. The SMILES string of the molecule is O=c1c2cnn(-c3ccc(Cl)cc3)c2ncn1C1CCCCC1. The quantitative estimate of drug-likeness (QED) is 0.720. The smallest absolute Gasteiger partial charge is 0.264 e. The summed E-state index contributed by atoms with van der Waals surface area (Å²) in [7, 11) is 0. The van der Waals surface area contributed by atoms with Gasteiger partial charge in [0.1, 0.15) is 11.7 Å². The number of aromatic nitrogens is 4. The van der Waals surface area contributed by atoms with Crippen LogP contribution >= 0.6 is 11.6 Å². The van der Waals surface area contributed by atoms with Crippen LogP contribution in [0.5, 0.6) is 0 Å². The highest BCUT2D eigenvalue weighted by Gasteiger charge is 2.19. The predicted molar refractivity (Wildman–Crippen MR) is 90.3 cm³/mol. The molecule has 6 heteroatoms. The van der Waals surface area contributed by atoms with E-state index in [0.29, 0.717) is 16.1 Å². The number of nitrogens with zero attached hydrogens (tertiary/aromatic N) is 4. The summed E-state index contributed by atoms with van der Waals surface area (Å²) in [6, 6.07) is 7.60. The summed E-state index contributed by atoms with van der Waals surface area (Å²) in [4.78, 5) is 17.3. The first-order chi connectivity index (χ1) is 11.2. The molecular weight excluding hydrogens is 312 g/mol. The van der Waals surface area contributed by atoms with Crippen molar-refractivity contribution in [1.82, 2.24) is 19.3 Å². The fourth-order valence-electron chi connectivity index (χ4n) is 3.32. The van der Waals surface area contributed by atoms with Crippen LogP contribution in [0.15, 0.2) is 41.6 Å². The molecule has 0 unspecified atom stereocenters. The van der Waals surface area contributed by atoms with E-state index >= 15 is 0 Å². The molecule has 0 N–H and O–H groups in total. The van der Waals surface area contributed by atoms with E-state index in [-0.39, 0.29) is 11.6 Å². The van der Waals surface area contributed by atoms with Crippen molar-refractivity contribution in [2.75, 3.05) is 0 Å². The van der Waals surface area contributed by atoms with Crippen LogP contribution in [0, 0.1) is 0 Å². The average Bonchev–Trinajstić information content (AvgIpc) is 3.02. The monoisotopic (exact) mass is 328 g/mol. The van der Waals surface area contributed by atoms with Crippen LogP contribution in [0.3, 0.4) is 0 Å². The number of benzene rings is 1. The first-order valence-electron chi connectivity index (χ1n) is 7.95. The molecule has 1 fully saturated rings. The van der Waals surface area contributed by atoms with Crippen LogP contribution in [0.1, 0.15) is 38.1 Å². The Morgan fingerprint density at radius 2 is 1.83 bits per heavy atom. The second-order valence-electron chi connectivity index (χ2n) is 6.02. The zero-order chi connectivity index (χ0) is 15.8. The van der Waals surface area contributed by atoms with E-state index < -0.39 is 0 Å². The van der Waals surface area contributed by atoms with Gasteiger partial charge in [0, 0.05) is 11.1 Å². The van der Waals surface area contributed by atoms with Gasteiger partial charge >= 0.3 is 0 Å². The normalized spacial score (nSPS) is 16.0. The number of hydrogen-bond acceptors (Lipinski definition) is 3. The molecule has 0 saturated heterocycles. The lowest BCUT2D eigenvalue weighted by molar-refractivity contribution is 0.345. The van der Waals surface area contributed by atoms with Gasteiger partial charge in [0.25, 0.3) is 5.56 Å². The molecule has 3 aromatic rings. The first kappa shape index (κ1) is 14.5. The van der Waals surface area contributed by atoms with Crippen LogP contribution in [0.25, 0.3) is 16.7 Å². The first-order valence-corrected chi connectivity index (χ1v) is 8.32. The maximum Gasteiger partial charge on any atom is 0.264 e. The number of hydrogen-bond donors (Lipinski definition) is 0. The summed E-state index contributed by atoms with van der Waals surface area (Å²) >= 11 is 5.92. The van der Waals surface area contributed by atoms with Gasteiger partial charge in [-0.2, -0.15) is 5.10 Å². The molecule has 118 valence electrons. The Balaban J connectivity index is 1.80. The molecule has 0 aliphatic heterocycles. The van der Waals surface area contributed by atoms with Crippen molar-refractivity contribution in [1.29, 1.82) is 0 Å². The third-order valence-corrected chi connectivity index (χ3v) is 4.80. The number of halogens is 1. The summed E-state index contributed by atoms with van der Waals surface area (Å²) in [5, 5.41) is 5.57. The molecule has 1 aromatic carbocycles. The highest BCUT2D eigenvalue weighted by molar-refractivity contribution is 6.30. The minimum atomic E-state index is 0.00196. The Labute approximate surface area is 138 Å². The van der Waals surface area contributed by atoms with Crippen molar-refractivity contribution in [3.63, 3.8) is 0 Å². The largest absolute Gasteiger partial charge is 0.295 e. The van der Waals surface area contributed by atoms with Crippen LogP contribution in [-0.2, 0) is 0 Å². The number of rotatable bonds is 2. The Morgan fingerprint density at radius 3 is 2.57 bits per heavy atom. The molecule has 0 atom stereocenters. The highest BCUT2D eigenvalue weighted by Crippen LogP contribution is 2.27. The minimum absolute atomic E-state index is 0.00196. The summed E-state index contributed by atoms with van der Waals surface area (Å²) in [6.45, 7) is 0. The molecule has 0 spiro atoms. The van der Waals surface area contributed by atoms with E-state index in [4.69, 9.17) is 11.6 Å². The highest BCUT2D eigenvalue weighted by atomic mass is 35.5. The molecule has 4 rings (SSSR count). The minimum Gasteiger partial charge on any atom is -0.295 e.